The molecule has 0 bridgehead atoms. The summed E-state index contributed by atoms with van der Waals surface area (Å²) in [6.45, 7) is 10.5. The van der Waals surface area contributed by atoms with Gasteiger partial charge in [-0.15, -0.1) is 0 Å². The minimum absolute atomic E-state index is 0.316. The largest absolute Gasteiger partial charge is 0.416 e. The van der Waals surface area contributed by atoms with Gasteiger partial charge in [-0.05, 0) is 79.7 Å². The molecule has 9 heteroatoms. The number of aliphatic hydroxyl groups is 1. The monoisotopic (exact) mass is 566 g/mol. The number of nitrogens with zero attached hydrogens (tertiary/aromatic N) is 2. The van der Waals surface area contributed by atoms with E-state index in [-0.39, 0.29) is 0 Å². The number of aliphatic hydroxyl groups excluding tert-OH is 1. The van der Waals surface area contributed by atoms with Gasteiger partial charge in [0.1, 0.15) is 0 Å². The van der Waals surface area contributed by atoms with Crippen LogP contribution in [0.25, 0.3) is 22.5 Å². The summed E-state index contributed by atoms with van der Waals surface area (Å²) in [6.07, 6.45) is -8.03. The molecule has 0 amide bonds. The first kappa shape index (κ1) is 31.6. The fourth-order valence-electron chi connectivity index (χ4n) is 4.23. The van der Waals surface area contributed by atoms with Crippen molar-refractivity contribution in [2.24, 2.45) is 11.8 Å². The summed E-state index contributed by atoms with van der Waals surface area (Å²) < 4.78 is 78.6. The number of benzene rings is 2. The summed E-state index contributed by atoms with van der Waals surface area (Å²) in [6, 6.07) is 12.3. The lowest BCUT2D eigenvalue weighted by atomic mass is 10.00. The lowest BCUT2D eigenvalue weighted by Crippen LogP contribution is -2.32. The van der Waals surface area contributed by atoms with Crippen molar-refractivity contribution in [2.45, 2.75) is 59.0 Å². The molecule has 1 aromatic heterocycles. The maximum atomic E-state index is 13.1. The molecule has 0 saturated heterocycles. The second kappa shape index (κ2) is 13.2. The van der Waals surface area contributed by atoms with Crippen molar-refractivity contribution < 1.29 is 31.4 Å². The maximum absolute atomic E-state index is 13.1. The molecule has 0 aliphatic heterocycles. The van der Waals surface area contributed by atoms with E-state index in [9.17, 15) is 31.4 Å². The molecule has 3 rings (SSSR count). The van der Waals surface area contributed by atoms with Crippen LogP contribution < -0.4 is 0 Å². The first-order valence-electron chi connectivity index (χ1n) is 13.4. The molecule has 0 aliphatic rings. The van der Waals surface area contributed by atoms with E-state index < -0.39 is 29.6 Å². The third-order valence-corrected chi connectivity index (χ3v) is 6.72. The van der Waals surface area contributed by atoms with Gasteiger partial charge in [-0.1, -0.05) is 52.0 Å². The van der Waals surface area contributed by atoms with E-state index in [1.165, 1.54) is 24.3 Å². The molecule has 3 aromatic rings. The van der Waals surface area contributed by atoms with E-state index in [0.29, 0.717) is 46.5 Å². The van der Waals surface area contributed by atoms with E-state index in [1.807, 2.05) is 0 Å². The van der Waals surface area contributed by atoms with Gasteiger partial charge in [0.05, 0.1) is 28.6 Å². The summed E-state index contributed by atoms with van der Waals surface area (Å²) in [7, 11) is 0. The molecule has 1 heterocycles. The number of hydrogen-bond acceptors (Lipinski definition) is 3. The highest BCUT2D eigenvalue weighted by Crippen LogP contribution is 2.34. The maximum Gasteiger partial charge on any atom is 0.416 e. The zero-order chi connectivity index (χ0) is 29.7. The quantitative estimate of drug-likeness (QED) is 0.236. The van der Waals surface area contributed by atoms with Crippen LogP contribution in [-0.2, 0) is 12.4 Å². The normalized spacial score (nSPS) is 13.4. The molecule has 40 heavy (non-hydrogen) atoms. The molecule has 0 spiro atoms. The highest BCUT2D eigenvalue weighted by Gasteiger charge is 2.31. The van der Waals surface area contributed by atoms with Crippen molar-refractivity contribution in [3.05, 3.63) is 77.4 Å². The lowest BCUT2D eigenvalue weighted by Gasteiger charge is -2.27. The van der Waals surface area contributed by atoms with Crippen molar-refractivity contribution in [2.75, 3.05) is 19.6 Å². The third-order valence-electron chi connectivity index (χ3n) is 6.72. The van der Waals surface area contributed by atoms with Crippen LogP contribution in [0, 0.1) is 11.8 Å². The second-order valence-corrected chi connectivity index (χ2v) is 11.0. The van der Waals surface area contributed by atoms with Gasteiger partial charge in [-0.2, -0.15) is 26.3 Å². The van der Waals surface area contributed by atoms with Crippen LogP contribution in [0.3, 0.4) is 0 Å². The molecule has 2 aromatic carbocycles. The van der Waals surface area contributed by atoms with Gasteiger partial charge in [0, 0.05) is 17.7 Å². The molecule has 0 aliphatic carbocycles. The van der Waals surface area contributed by atoms with Gasteiger partial charge in [-0.25, -0.2) is 4.98 Å². The molecular formula is C31H36F6N2O. The topological polar surface area (TPSA) is 36.4 Å². The molecular weight excluding hydrogens is 530 g/mol. The Balaban J connectivity index is 2.01. The van der Waals surface area contributed by atoms with Crippen LogP contribution in [0.2, 0.25) is 0 Å². The van der Waals surface area contributed by atoms with Crippen LogP contribution in [-0.4, -0.2) is 34.6 Å². The predicted octanol–water partition coefficient (Wildman–Crippen LogP) is 8.88. The Bertz CT molecular complexity index is 1130. The highest BCUT2D eigenvalue weighted by molar-refractivity contribution is 5.68. The number of aromatic nitrogens is 1. The molecule has 1 unspecified atom stereocenters. The van der Waals surface area contributed by atoms with Crippen molar-refractivity contribution in [1.82, 2.24) is 9.88 Å². The molecule has 218 valence electrons. The molecule has 1 N–H and O–H groups in total. The van der Waals surface area contributed by atoms with Crippen LogP contribution >= 0.6 is 0 Å². The summed E-state index contributed by atoms with van der Waals surface area (Å²) in [5.41, 5.74) is 0.298. The Labute approximate surface area is 231 Å². The van der Waals surface area contributed by atoms with Gasteiger partial charge in [0.25, 0.3) is 0 Å². The fraction of sp³-hybridized carbons (Fsp3) is 0.452. The van der Waals surface area contributed by atoms with Gasteiger partial charge < -0.3 is 10.0 Å². The van der Waals surface area contributed by atoms with Gasteiger partial charge in [-0.3, -0.25) is 0 Å². The van der Waals surface area contributed by atoms with Gasteiger partial charge >= 0.3 is 12.4 Å². The first-order chi connectivity index (χ1) is 18.6. The average molecular weight is 567 g/mol. The Morgan fingerprint density at radius 3 is 1.38 bits per heavy atom. The van der Waals surface area contributed by atoms with E-state index in [2.05, 4.69) is 37.6 Å². The molecule has 0 saturated carbocycles. The smallest absolute Gasteiger partial charge is 0.387 e. The average Bonchev–Trinajstić information content (AvgIpc) is 2.89. The Morgan fingerprint density at radius 1 is 0.675 bits per heavy atom. The summed E-state index contributed by atoms with van der Waals surface area (Å²) >= 11 is 0. The van der Waals surface area contributed by atoms with Crippen LogP contribution in [0.4, 0.5) is 26.3 Å². The third kappa shape index (κ3) is 9.06. The summed E-state index contributed by atoms with van der Waals surface area (Å²) in [4.78, 5) is 6.75. The van der Waals surface area contributed by atoms with Crippen molar-refractivity contribution in [1.29, 1.82) is 0 Å². The Hall–Kier alpha value is -2.91. The lowest BCUT2D eigenvalue weighted by molar-refractivity contribution is -0.138. The number of pyridine rings is 1. The van der Waals surface area contributed by atoms with E-state index in [4.69, 9.17) is 0 Å². The Morgan fingerprint density at radius 2 is 1.05 bits per heavy atom. The minimum Gasteiger partial charge on any atom is -0.387 e. The first-order valence-corrected chi connectivity index (χ1v) is 13.4. The molecule has 1 atom stereocenters. The standard InChI is InChI=1S/C31H36F6N2O/c1-20(2)13-15-39(16-14-21(3)4)19-29(40)24-17-27(22-5-9-25(10-6-22)30(32,33)34)38-28(18-24)23-7-11-26(12-8-23)31(35,36)37/h5-12,17-18,20-21,29,40H,13-16,19H2,1-4H3. The van der Waals surface area contributed by atoms with Crippen molar-refractivity contribution >= 4 is 0 Å². The van der Waals surface area contributed by atoms with E-state index in [1.54, 1.807) is 12.1 Å². The fourth-order valence-corrected chi connectivity index (χ4v) is 4.23. The van der Waals surface area contributed by atoms with Gasteiger partial charge in [0.15, 0.2) is 0 Å². The van der Waals surface area contributed by atoms with Crippen molar-refractivity contribution in [3.63, 3.8) is 0 Å². The zero-order valence-electron chi connectivity index (χ0n) is 23.2. The van der Waals surface area contributed by atoms with Crippen LogP contribution in [0.15, 0.2) is 60.7 Å². The van der Waals surface area contributed by atoms with E-state index >= 15 is 0 Å². The highest BCUT2D eigenvalue weighted by atomic mass is 19.4. The number of halogens is 6. The minimum atomic E-state index is -4.50. The molecule has 3 nitrogen and oxygen atoms in total. The molecule has 0 fully saturated rings. The second-order valence-electron chi connectivity index (χ2n) is 11.0. The van der Waals surface area contributed by atoms with Crippen LogP contribution in [0.1, 0.15) is 63.3 Å². The SMILES string of the molecule is CC(C)CCN(CCC(C)C)CC(O)c1cc(-c2ccc(C(F)(F)F)cc2)nc(-c2ccc(C(F)(F)F)cc2)c1. The Kier molecular flexibility index (Phi) is 10.4. The molecule has 0 radical (unpaired) electrons. The van der Waals surface area contributed by atoms with E-state index in [0.717, 1.165) is 50.2 Å². The zero-order valence-corrected chi connectivity index (χ0v) is 23.2. The number of hydrogen-bond donors (Lipinski definition) is 1. The number of alkyl halides is 6. The van der Waals surface area contributed by atoms with Crippen LogP contribution in [0.5, 0.6) is 0 Å². The summed E-state index contributed by atoms with van der Waals surface area (Å²) in [5, 5.41) is 11.3. The van der Waals surface area contributed by atoms with Gasteiger partial charge in [0.2, 0.25) is 0 Å². The predicted molar refractivity (Wildman–Crippen MR) is 145 cm³/mol. The summed E-state index contributed by atoms with van der Waals surface area (Å²) in [5.74, 6) is 0.967. The van der Waals surface area contributed by atoms with Crippen molar-refractivity contribution in [3.8, 4) is 22.5 Å². The number of rotatable bonds is 11.